The number of rotatable bonds is 5. The quantitative estimate of drug-likeness (QED) is 0.782. The van der Waals surface area contributed by atoms with Gasteiger partial charge in [0.1, 0.15) is 0 Å². The zero-order chi connectivity index (χ0) is 15.5. The molecule has 0 fully saturated rings. The zero-order valence-electron chi connectivity index (χ0n) is 12.9. The van der Waals surface area contributed by atoms with Gasteiger partial charge in [0.05, 0.1) is 11.4 Å². The van der Waals surface area contributed by atoms with E-state index < -0.39 is 0 Å². The lowest BCUT2D eigenvalue weighted by molar-refractivity contribution is 0.419. The number of para-hydroxylation sites is 1. The smallest absolute Gasteiger partial charge is 0.321 e. The Morgan fingerprint density at radius 1 is 1.23 bits per heavy atom. The third-order valence-electron chi connectivity index (χ3n) is 3.35. The van der Waals surface area contributed by atoms with Gasteiger partial charge in [-0.2, -0.15) is 10.1 Å². The number of nitrogens with one attached hydrogen (secondary N) is 1. The zero-order valence-corrected chi connectivity index (χ0v) is 12.9. The van der Waals surface area contributed by atoms with E-state index >= 15 is 0 Å². The van der Waals surface area contributed by atoms with Crippen molar-refractivity contribution in [2.75, 3.05) is 5.32 Å². The van der Waals surface area contributed by atoms with Crippen molar-refractivity contribution in [2.45, 2.75) is 33.2 Å². The van der Waals surface area contributed by atoms with Crippen LogP contribution in [0.5, 0.6) is 0 Å². The highest BCUT2D eigenvalue weighted by Crippen LogP contribution is 2.17. The highest BCUT2D eigenvalue weighted by Gasteiger charge is 2.10. The summed E-state index contributed by atoms with van der Waals surface area (Å²) in [5.41, 5.74) is 3.13. The molecular formula is C16H19N5O. The minimum absolute atomic E-state index is 0.249. The average Bonchev–Trinajstić information content (AvgIpc) is 3.14. The number of benzene rings is 1. The molecule has 1 aromatic carbocycles. The van der Waals surface area contributed by atoms with Gasteiger partial charge < -0.3 is 9.84 Å². The van der Waals surface area contributed by atoms with Crippen LogP contribution in [0.4, 0.5) is 6.01 Å². The third-order valence-corrected chi connectivity index (χ3v) is 3.35. The number of nitrogens with zero attached hydrogens (tertiary/aromatic N) is 4. The van der Waals surface area contributed by atoms with Gasteiger partial charge >= 0.3 is 6.01 Å². The van der Waals surface area contributed by atoms with Crippen molar-refractivity contribution < 1.29 is 4.52 Å². The van der Waals surface area contributed by atoms with E-state index in [1.54, 1.807) is 0 Å². The number of anilines is 1. The second kappa shape index (κ2) is 6.01. The van der Waals surface area contributed by atoms with E-state index in [1.807, 2.05) is 55.9 Å². The Morgan fingerprint density at radius 2 is 2.05 bits per heavy atom. The van der Waals surface area contributed by atoms with E-state index in [9.17, 15) is 0 Å². The molecule has 0 saturated carbocycles. The fourth-order valence-corrected chi connectivity index (χ4v) is 2.15. The summed E-state index contributed by atoms with van der Waals surface area (Å²) in [5.74, 6) is 0.956. The van der Waals surface area contributed by atoms with Crippen LogP contribution in [0, 0.1) is 6.92 Å². The number of aryl methyl sites for hydroxylation is 1. The lowest BCUT2D eigenvalue weighted by Gasteiger charge is -2.09. The van der Waals surface area contributed by atoms with E-state index in [4.69, 9.17) is 4.52 Å². The summed E-state index contributed by atoms with van der Waals surface area (Å²) in [6.07, 6.45) is 1.96. The molecule has 114 valence electrons. The fraction of sp³-hybridized carbons (Fsp3) is 0.312. The van der Waals surface area contributed by atoms with Crippen LogP contribution in [0.3, 0.4) is 0 Å². The third kappa shape index (κ3) is 3.00. The minimum atomic E-state index is 0.249. The summed E-state index contributed by atoms with van der Waals surface area (Å²) in [7, 11) is 0. The predicted octanol–water partition coefficient (Wildman–Crippen LogP) is 3.30. The molecule has 22 heavy (non-hydrogen) atoms. The molecule has 0 amide bonds. The van der Waals surface area contributed by atoms with Crippen molar-refractivity contribution in [3.8, 4) is 5.69 Å². The lowest BCUT2D eigenvalue weighted by Crippen LogP contribution is -2.06. The Labute approximate surface area is 129 Å². The number of hydrogen-bond acceptors (Lipinski definition) is 5. The normalized spacial score (nSPS) is 11.1. The molecule has 0 saturated heterocycles. The van der Waals surface area contributed by atoms with Crippen LogP contribution in [0.1, 0.15) is 36.8 Å². The summed E-state index contributed by atoms with van der Waals surface area (Å²) in [5, 5.41) is 11.6. The van der Waals surface area contributed by atoms with Crippen LogP contribution >= 0.6 is 0 Å². The first-order valence-electron chi connectivity index (χ1n) is 7.31. The van der Waals surface area contributed by atoms with Crippen molar-refractivity contribution in [2.24, 2.45) is 0 Å². The SMILES string of the molecule is Cc1ccn(-c2ccccc2CNc2nc(C(C)C)no2)n1. The summed E-state index contributed by atoms with van der Waals surface area (Å²) < 4.78 is 7.08. The monoisotopic (exact) mass is 297 g/mol. The summed E-state index contributed by atoms with van der Waals surface area (Å²) in [4.78, 5) is 4.32. The van der Waals surface area contributed by atoms with E-state index in [0.29, 0.717) is 18.4 Å². The second-order valence-electron chi connectivity index (χ2n) is 5.50. The first-order valence-corrected chi connectivity index (χ1v) is 7.31. The topological polar surface area (TPSA) is 68.8 Å². The first kappa shape index (κ1) is 14.3. The standard InChI is InChI=1S/C16H19N5O/c1-11(2)15-18-16(22-20-15)17-10-13-6-4-5-7-14(13)21-9-8-12(3)19-21/h4-9,11H,10H2,1-3H3,(H,17,18,20). The predicted molar refractivity (Wildman–Crippen MR) is 84.0 cm³/mol. The van der Waals surface area contributed by atoms with Gasteiger partial charge in [-0.3, -0.25) is 0 Å². The van der Waals surface area contributed by atoms with E-state index in [2.05, 4.69) is 26.6 Å². The number of aromatic nitrogens is 4. The molecule has 3 rings (SSSR count). The largest absolute Gasteiger partial charge is 0.334 e. The maximum absolute atomic E-state index is 5.20. The van der Waals surface area contributed by atoms with Gasteiger partial charge in [-0.05, 0) is 24.6 Å². The molecule has 0 aliphatic rings. The van der Waals surface area contributed by atoms with E-state index in [0.717, 1.165) is 16.9 Å². The molecular weight excluding hydrogens is 278 g/mol. The second-order valence-corrected chi connectivity index (χ2v) is 5.50. The van der Waals surface area contributed by atoms with Crippen LogP contribution in [0.15, 0.2) is 41.1 Å². The van der Waals surface area contributed by atoms with Gasteiger partial charge in [-0.15, -0.1) is 0 Å². The van der Waals surface area contributed by atoms with Gasteiger partial charge in [0.2, 0.25) is 0 Å². The summed E-state index contributed by atoms with van der Waals surface area (Å²) >= 11 is 0. The Balaban J connectivity index is 1.77. The molecule has 3 aromatic rings. The van der Waals surface area contributed by atoms with Crippen molar-refractivity contribution in [3.05, 3.63) is 53.6 Å². The molecule has 6 heteroatoms. The molecule has 2 heterocycles. The maximum Gasteiger partial charge on any atom is 0.321 e. The summed E-state index contributed by atoms with van der Waals surface area (Å²) in [6.45, 7) is 6.63. The van der Waals surface area contributed by atoms with Gasteiger partial charge in [-0.1, -0.05) is 37.2 Å². The molecule has 0 bridgehead atoms. The average molecular weight is 297 g/mol. The first-order chi connectivity index (χ1) is 10.6. The van der Waals surface area contributed by atoms with Crippen LogP contribution in [-0.4, -0.2) is 19.9 Å². The molecule has 6 nitrogen and oxygen atoms in total. The Kier molecular flexibility index (Phi) is 3.91. The van der Waals surface area contributed by atoms with Crippen LogP contribution in [0.25, 0.3) is 5.69 Å². The van der Waals surface area contributed by atoms with Crippen molar-refractivity contribution in [3.63, 3.8) is 0 Å². The molecule has 2 aromatic heterocycles. The molecule has 0 radical (unpaired) electrons. The molecule has 1 N–H and O–H groups in total. The molecule has 0 aliphatic heterocycles. The highest BCUT2D eigenvalue weighted by molar-refractivity contribution is 5.42. The van der Waals surface area contributed by atoms with Crippen LogP contribution < -0.4 is 5.32 Å². The van der Waals surface area contributed by atoms with Crippen molar-refractivity contribution >= 4 is 6.01 Å². The molecule has 0 atom stereocenters. The number of hydrogen-bond donors (Lipinski definition) is 1. The van der Waals surface area contributed by atoms with E-state index in [-0.39, 0.29) is 5.92 Å². The lowest BCUT2D eigenvalue weighted by atomic mass is 10.2. The molecule has 0 aliphatic carbocycles. The highest BCUT2D eigenvalue weighted by atomic mass is 16.5. The molecule has 0 unspecified atom stereocenters. The van der Waals surface area contributed by atoms with E-state index in [1.165, 1.54) is 0 Å². The van der Waals surface area contributed by atoms with Crippen molar-refractivity contribution in [1.82, 2.24) is 19.9 Å². The maximum atomic E-state index is 5.20. The minimum Gasteiger partial charge on any atom is -0.334 e. The van der Waals surface area contributed by atoms with Crippen LogP contribution in [-0.2, 0) is 6.54 Å². The summed E-state index contributed by atoms with van der Waals surface area (Å²) in [6, 6.07) is 10.5. The van der Waals surface area contributed by atoms with Crippen molar-refractivity contribution in [1.29, 1.82) is 0 Å². The fourth-order valence-electron chi connectivity index (χ4n) is 2.15. The van der Waals surface area contributed by atoms with Crippen LogP contribution in [0.2, 0.25) is 0 Å². The van der Waals surface area contributed by atoms with Gasteiger partial charge in [-0.25, -0.2) is 4.68 Å². The Bertz CT molecular complexity index is 759. The van der Waals surface area contributed by atoms with Gasteiger partial charge in [0.25, 0.3) is 0 Å². The van der Waals surface area contributed by atoms with Gasteiger partial charge in [0, 0.05) is 18.7 Å². The Morgan fingerprint density at radius 3 is 2.73 bits per heavy atom. The Hall–Kier alpha value is -2.63. The molecule has 0 spiro atoms. The van der Waals surface area contributed by atoms with Gasteiger partial charge in [0.15, 0.2) is 5.82 Å².